The summed E-state index contributed by atoms with van der Waals surface area (Å²) in [6, 6.07) is 3.42. The molecule has 32 heavy (non-hydrogen) atoms. The first-order valence-corrected chi connectivity index (χ1v) is 10.6. The van der Waals surface area contributed by atoms with Gasteiger partial charge in [0, 0.05) is 26.1 Å². The van der Waals surface area contributed by atoms with Gasteiger partial charge in [-0.2, -0.15) is 0 Å². The Balaban J connectivity index is 2.03. The predicted molar refractivity (Wildman–Crippen MR) is 119 cm³/mol. The first-order chi connectivity index (χ1) is 15.2. The Bertz CT molecular complexity index is 919. The van der Waals surface area contributed by atoms with Crippen LogP contribution in [0.4, 0.5) is 0 Å². The number of methoxy groups -OCH3 is 2. The molecule has 1 fully saturated rings. The smallest absolute Gasteiger partial charge is 0.255 e. The summed E-state index contributed by atoms with van der Waals surface area (Å²) in [7, 11) is 3.06. The molecule has 1 unspecified atom stereocenters. The number of ether oxygens (including phenoxy) is 5. The second-order valence-electron chi connectivity index (χ2n) is 8.28. The van der Waals surface area contributed by atoms with Crippen molar-refractivity contribution in [2.24, 2.45) is 0 Å². The second kappa shape index (κ2) is 10.3. The number of hydrogen-bond acceptors (Lipinski definition) is 7. The number of amides is 1. The topological polar surface area (TPSA) is 92.3 Å². The quantitative estimate of drug-likeness (QED) is 0.562. The van der Waals surface area contributed by atoms with Crippen LogP contribution in [-0.2, 0) is 19.0 Å². The molecule has 174 valence electrons. The van der Waals surface area contributed by atoms with Crippen molar-refractivity contribution < 1.29 is 33.3 Å². The number of carbonyl (C=O) groups excluding carboxylic acids is 2. The van der Waals surface area contributed by atoms with Crippen LogP contribution in [0, 0.1) is 0 Å². The third kappa shape index (κ3) is 5.76. The molecule has 2 aliphatic rings. The Labute approximate surface area is 188 Å². The van der Waals surface area contributed by atoms with Gasteiger partial charge in [0.15, 0.2) is 18.4 Å². The van der Waals surface area contributed by atoms with Crippen LogP contribution in [-0.4, -0.2) is 57.2 Å². The molecule has 2 atom stereocenters. The maximum absolute atomic E-state index is 13.1. The lowest BCUT2D eigenvalue weighted by molar-refractivity contribution is -0.154. The summed E-state index contributed by atoms with van der Waals surface area (Å²) in [6.07, 6.45) is 5.07. The summed E-state index contributed by atoms with van der Waals surface area (Å²) in [5, 5.41) is 2.90. The van der Waals surface area contributed by atoms with E-state index in [0.29, 0.717) is 35.6 Å². The summed E-state index contributed by atoms with van der Waals surface area (Å²) >= 11 is 0. The molecule has 1 saturated heterocycles. The van der Waals surface area contributed by atoms with Crippen LogP contribution < -0.4 is 14.8 Å². The third-order valence-corrected chi connectivity index (χ3v) is 5.25. The lowest BCUT2D eigenvalue weighted by atomic mass is 10.00. The van der Waals surface area contributed by atoms with Gasteiger partial charge in [-0.1, -0.05) is 23.8 Å². The van der Waals surface area contributed by atoms with Crippen molar-refractivity contribution in [3.05, 3.63) is 41.0 Å². The third-order valence-electron chi connectivity index (χ3n) is 5.25. The van der Waals surface area contributed by atoms with E-state index in [1.165, 1.54) is 7.11 Å². The fourth-order valence-corrected chi connectivity index (χ4v) is 3.72. The molecule has 1 N–H and O–H groups in total. The zero-order valence-corrected chi connectivity index (χ0v) is 19.2. The fourth-order valence-electron chi connectivity index (χ4n) is 3.72. The van der Waals surface area contributed by atoms with Crippen molar-refractivity contribution in [3.8, 4) is 11.5 Å². The van der Waals surface area contributed by atoms with Crippen LogP contribution in [0.3, 0.4) is 0 Å². The van der Waals surface area contributed by atoms with E-state index in [2.05, 4.69) is 5.32 Å². The van der Waals surface area contributed by atoms with Crippen molar-refractivity contribution in [1.82, 2.24) is 5.32 Å². The van der Waals surface area contributed by atoms with Gasteiger partial charge in [0.05, 0.1) is 18.8 Å². The van der Waals surface area contributed by atoms with Crippen molar-refractivity contribution in [1.29, 1.82) is 0 Å². The first-order valence-electron chi connectivity index (χ1n) is 10.6. The number of allylic oxidation sites excluding steroid dienone is 1. The average Bonchev–Trinajstić information content (AvgIpc) is 3.07. The molecule has 8 nitrogen and oxygen atoms in total. The largest absolute Gasteiger partial charge is 0.497 e. The van der Waals surface area contributed by atoms with E-state index in [0.717, 1.165) is 5.57 Å². The summed E-state index contributed by atoms with van der Waals surface area (Å²) in [5.74, 6) is -0.292. The minimum absolute atomic E-state index is 0.0122. The molecular weight excluding hydrogens is 414 g/mol. The standard InChI is InChI=1S/C24H31NO7/c1-15-9-10-18(26)22-19(31-24(2,3)32-22)8-6-7-16-11-17(29-5)12-20(30-14-28-4)21(16)23(27)25-13-15/h6-7,9,11-12,19,22H,8,10,13-14H2,1-5H3,(H,25,27)/t19-,22?/m0/s1. The molecule has 0 saturated carbocycles. The van der Waals surface area contributed by atoms with Crippen LogP contribution in [0.5, 0.6) is 11.5 Å². The molecule has 1 amide bonds. The Morgan fingerprint density at radius 1 is 1.19 bits per heavy atom. The number of ketones is 1. The molecule has 1 aromatic carbocycles. The molecule has 3 rings (SSSR count). The number of hydrogen-bond donors (Lipinski definition) is 1. The van der Waals surface area contributed by atoms with Gasteiger partial charge in [0.1, 0.15) is 17.6 Å². The predicted octanol–water partition coefficient (Wildman–Crippen LogP) is 3.25. The van der Waals surface area contributed by atoms with Gasteiger partial charge in [-0.3, -0.25) is 9.59 Å². The highest BCUT2D eigenvalue weighted by Crippen LogP contribution is 2.33. The van der Waals surface area contributed by atoms with Crippen molar-refractivity contribution in [3.63, 3.8) is 0 Å². The van der Waals surface area contributed by atoms with Crippen LogP contribution in [0.15, 0.2) is 29.9 Å². The van der Waals surface area contributed by atoms with Gasteiger partial charge < -0.3 is 29.0 Å². The first kappa shape index (κ1) is 24.0. The molecule has 0 radical (unpaired) electrons. The highest BCUT2D eigenvalue weighted by atomic mass is 16.8. The maximum atomic E-state index is 13.1. The van der Waals surface area contributed by atoms with E-state index in [1.54, 1.807) is 33.1 Å². The molecule has 0 aromatic heterocycles. The highest BCUT2D eigenvalue weighted by Gasteiger charge is 2.43. The number of fused-ring (bicyclic) bond motifs is 2. The van der Waals surface area contributed by atoms with Gasteiger partial charge in [0.25, 0.3) is 5.91 Å². The zero-order valence-electron chi connectivity index (χ0n) is 19.2. The molecule has 8 heteroatoms. The molecule has 0 spiro atoms. The van der Waals surface area contributed by atoms with E-state index >= 15 is 0 Å². The average molecular weight is 446 g/mol. The highest BCUT2D eigenvalue weighted by molar-refractivity contribution is 6.01. The normalized spacial score (nSPS) is 23.5. The fraction of sp³-hybridized carbons (Fsp3) is 0.500. The maximum Gasteiger partial charge on any atom is 0.255 e. The lowest BCUT2D eigenvalue weighted by Gasteiger charge is -2.17. The number of rotatable bonds is 4. The van der Waals surface area contributed by atoms with Crippen LogP contribution >= 0.6 is 0 Å². The molecule has 2 aliphatic heterocycles. The Kier molecular flexibility index (Phi) is 7.71. The lowest BCUT2D eigenvalue weighted by Crippen LogP contribution is -2.31. The number of carbonyl (C=O) groups is 2. The van der Waals surface area contributed by atoms with Crippen LogP contribution in [0.1, 0.15) is 49.5 Å². The Morgan fingerprint density at radius 3 is 2.69 bits per heavy atom. The molecule has 2 heterocycles. The summed E-state index contributed by atoms with van der Waals surface area (Å²) in [5.41, 5.74) is 1.86. The van der Waals surface area contributed by atoms with Gasteiger partial charge in [0.2, 0.25) is 0 Å². The number of nitrogens with one attached hydrogen (secondary N) is 1. The number of benzene rings is 1. The van der Waals surface area contributed by atoms with Crippen LogP contribution in [0.2, 0.25) is 0 Å². The molecule has 0 bridgehead atoms. The SMILES string of the molecule is COCOc1cc(OC)cc2c1C(=O)NCC(C)=CCC(=O)C1OC(C)(C)O[C@H]1CC=C2. The number of Topliss-reactive ketones (excluding diaryl/α,β-unsaturated/α-hetero) is 1. The minimum Gasteiger partial charge on any atom is -0.497 e. The molecular formula is C24H31NO7. The Morgan fingerprint density at radius 2 is 1.97 bits per heavy atom. The Hall–Kier alpha value is -2.68. The van der Waals surface area contributed by atoms with Gasteiger partial charge in [-0.25, -0.2) is 0 Å². The molecule has 1 aromatic rings. The van der Waals surface area contributed by atoms with E-state index in [-0.39, 0.29) is 24.9 Å². The van der Waals surface area contributed by atoms with Gasteiger partial charge in [-0.05, 0) is 38.8 Å². The zero-order chi connectivity index (χ0) is 23.3. The summed E-state index contributed by atoms with van der Waals surface area (Å²) in [6.45, 7) is 5.75. The van der Waals surface area contributed by atoms with Gasteiger partial charge >= 0.3 is 0 Å². The van der Waals surface area contributed by atoms with Crippen molar-refractivity contribution in [2.45, 2.75) is 51.6 Å². The van der Waals surface area contributed by atoms with E-state index in [4.69, 9.17) is 23.7 Å². The summed E-state index contributed by atoms with van der Waals surface area (Å²) in [4.78, 5) is 25.9. The monoisotopic (exact) mass is 445 g/mol. The second-order valence-corrected chi connectivity index (χ2v) is 8.28. The van der Waals surface area contributed by atoms with Crippen molar-refractivity contribution in [2.75, 3.05) is 27.6 Å². The molecule has 0 aliphatic carbocycles. The summed E-state index contributed by atoms with van der Waals surface area (Å²) < 4.78 is 28.0. The van der Waals surface area contributed by atoms with E-state index in [9.17, 15) is 9.59 Å². The van der Waals surface area contributed by atoms with E-state index in [1.807, 2.05) is 25.2 Å². The van der Waals surface area contributed by atoms with Crippen molar-refractivity contribution >= 4 is 17.8 Å². The van der Waals surface area contributed by atoms with E-state index < -0.39 is 18.0 Å². The minimum atomic E-state index is -0.842. The van der Waals surface area contributed by atoms with Crippen LogP contribution in [0.25, 0.3) is 6.08 Å². The van der Waals surface area contributed by atoms with Gasteiger partial charge in [-0.15, -0.1) is 0 Å².